The largest absolute Gasteiger partial charge is 0.468 e. The summed E-state index contributed by atoms with van der Waals surface area (Å²) in [4.78, 5) is 24.8. The van der Waals surface area contributed by atoms with Crippen LogP contribution in [0.5, 0.6) is 0 Å². The quantitative estimate of drug-likeness (QED) is 0.758. The highest BCUT2D eigenvalue weighted by Gasteiger charge is 2.16. The molecule has 0 spiro atoms. The lowest BCUT2D eigenvalue weighted by atomic mass is 10.3. The Bertz CT molecular complexity index is 406. The second kappa shape index (κ2) is 8.13. The van der Waals surface area contributed by atoms with Crippen LogP contribution in [0, 0.1) is 0 Å². The van der Waals surface area contributed by atoms with Gasteiger partial charge in [0.25, 0.3) is 0 Å². The van der Waals surface area contributed by atoms with E-state index in [0.717, 1.165) is 12.1 Å². The minimum atomic E-state index is -0.401. The molecule has 0 radical (unpaired) electrons. The second-order valence-electron chi connectivity index (χ2n) is 4.11. The van der Waals surface area contributed by atoms with Gasteiger partial charge < -0.3 is 15.0 Å². The summed E-state index contributed by atoms with van der Waals surface area (Å²) >= 11 is 0. The summed E-state index contributed by atoms with van der Waals surface area (Å²) in [6.07, 6.45) is 0.800. The van der Waals surface area contributed by atoms with Gasteiger partial charge in [0.15, 0.2) is 0 Å². The van der Waals surface area contributed by atoms with Crippen LogP contribution in [-0.4, -0.2) is 43.5 Å². The van der Waals surface area contributed by atoms with Gasteiger partial charge in [-0.05, 0) is 18.6 Å². The number of carbonyl (C=O) groups is 2. The third-order valence-corrected chi connectivity index (χ3v) is 2.61. The molecule has 0 saturated heterocycles. The SMILES string of the molecule is CCCN(CC(=O)OC)C(=O)CNc1ccccc1. The number of methoxy groups -OCH3 is 1. The molecule has 104 valence electrons. The molecular formula is C14H20N2O3. The van der Waals surface area contributed by atoms with Crippen LogP contribution in [-0.2, 0) is 14.3 Å². The number of para-hydroxylation sites is 1. The zero-order valence-corrected chi connectivity index (χ0v) is 11.4. The van der Waals surface area contributed by atoms with E-state index in [1.54, 1.807) is 0 Å². The van der Waals surface area contributed by atoms with Crippen LogP contribution < -0.4 is 5.32 Å². The fourth-order valence-electron chi connectivity index (χ4n) is 1.63. The summed E-state index contributed by atoms with van der Waals surface area (Å²) in [5.74, 6) is -0.516. The first-order valence-electron chi connectivity index (χ1n) is 6.31. The van der Waals surface area contributed by atoms with E-state index in [1.165, 1.54) is 12.0 Å². The average molecular weight is 264 g/mol. The van der Waals surface area contributed by atoms with Gasteiger partial charge in [0.05, 0.1) is 13.7 Å². The normalized spacial score (nSPS) is 9.79. The molecule has 0 fully saturated rings. The summed E-state index contributed by atoms with van der Waals surface area (Å²) in [5.41, 5.74) is 0.880. The molecule has 1 rings (SSSR count). The van der Waals surface area contributed by atoms with Gasteiger partial charge in [-0.15, -0.1) is 0 Å². The fraction of sp³-hybridized carbons (Fsp3) is 0.429. The maximum atomic E-state index is 12.0. The predicted octanol–water partition coefficient (Wildman–Crippen LogP) is 1.51. The Labute approximate surface area is 113 Å². The number of carbonyl (C=O) groups excluding carboxylic acids is 2. The van der Waals surface area contributed by atoms with Crippen molar-refractivity contribution in [1.29, 1.82) is 0 Å². The van der Waals surface area contributed by atoms with Crippen LogP contribution >= 0.6 is 0 Å². The molecule has 1 aromatic rings. The molecule has 5 heteroatoms. The standard InChI is InChI=1S/C14H20N2O3/c1-3-9-16(11-14(18)19-2)13(17)10-15-12-7-5-4-6-8-12/h4-8,15H,3,9-11H2,1-2H3. The number of anilines is 1. The van der Waals surface area contributed by atoms with E-state index in [-0.39, 0.29) is 19.0 Å². The van der Waals surface area contributed by atoms with Crippen LogP contribution in [0.3, 0.4) is 0 Å². The zero-order chi connectivity index (χ0) is 14.1. The van der Waals surface area contributed by atoms with Crippen molar-refractivity contribution in [2.75, 3.05) is 32.1 Å². The first kappa shape index (κ1) is 15.0. The summed E-state index contributed by atoms with van der Waals surface area (Å²) in [7, 11) is 1.32. The van der Waals surface area contributed by atoms with Crippen LogP contribution in [0.2, 0.25) is 0 Å². The van der Waals surface area contributed by atoms with E-state index in [1.807, 2.05) is 37.3 Å². The van der Waals surface area contributed by atoms with Crippen molar-refractivity contribution in [2.45, 2.75) is 13.3 Å². The van der Waals surface area contributed by atoms with E-state index < -0.39 is 5.97 Å². The van der Waals surface area contributed by atoms with Crippen LogP contribution in [0.1, 0.15) is 13.3 Å². The van der Waals surface area contributed by atoms with Gasteiger partial charge in [0, 0.05) is 12.2 Å². The van der Waals surface area contributed by atoms with Crippen LogP contribution in [0.15, 0.2) is 30.3 Å². The molecule has 0 aromatic heterocycles. The number of ether oxygens (including phenoxy) is 1. The molecule has 0 bridgehead atoms. The summed E-state index contributed by atoms with van der Waals surface area (Å²) < 4.78 is 4.59. The molecule has 0 aliphatic carbocycles. The lowest BCUT2D eigenvalue weighted by Crippen LogP contribution is -2.40. The minimum Gasteiger partial charge on any atom is -0.468 e. The number of nitrogens with one attached hydrogen (secondary N) is 1. The Morgan fingerprint density at radius 2 is 1.95 bits per heavy atom. The molecule has 1 amide bonds. The molecule has 0 saturated carbocycles. The van der Waals surface area contributed by atoms with Gasteiger partial charge in [0.1, 0.15) is 6.54 Å². The van der Waals surface area contributed by atoms with Crippen molar-refractivity contribution in [3.8, 4) is 0 Å². The summed E-state index contributed by atoms with van der Waals surface area (Å²) in [5, 5.41) is 3.03. The molecule has 1 N–H and O–H groups in total. The van der Waals surface area contributed by atoms with Crippen molar-refractivity contribution >= 4 is 17.6 Å². The Hall–Kier alpha value is -2.04. The van der Waals surface area contributed by atoms with E-state index in [2.05, 4.69) is 10.1 Å². The molecule has 5 nitrogen and oxygen atoms in total. The Balaban J connectivity index is 2.50. The molecule has 0 aliphatic heterocycles. The van der Waals surface area contributed by atoms with Gasteiger partial charge in [-0.2, -0.15) is 0 Å². The number of hydrogen-bond acceptors (Lipinski definition) is 4. The van der Waals surface area contributed by atoms with Gasteiger partial charge in [-0.3, -0.25) is 9.59 Å². The number of amides is 1. The summed E-state index contributed by atoms with van der Waals surface area (Å²) in [6, 6.07) is 9.47. The van der Waals surface area contributed by atoms with E-state index in [9.17, 15) is 9.59 Å². The minimum absolute atomic E-state index is 0.000354. The van der Waals surface area contributed by atoms with Crippen LogP contribution in [0.25, 0.3) is 0 Å². The number of hydrogen-bond donors (Lipinski definition) is 1. The third kappa shape index (κ3) is 5.42. The lowest BCUT2D eigenvalue weighted by Gasteiger charge is -2.21. The highest BCUT2D eigenvalue weighted by Crippen LogP contribution is 2.04. The van der Waals surface area contributed by atoms with E-state index in [4.69, 9.17) is 0 Å². The molecule has 1 aromatic carbocycles. The van der Waals surface area contributed by atoms with Gasteiger partial charge in [0.2, 0.25) is 5.91 Å². The molecule has 0 atom stereocenters. The Morgan fingerprint density at radius 3 is 2.53 bits per heavy atom. The maximum absolute atomic E-state index is 12.0. The monoisotopic (exact) mass is 264 g/mol. The van der Waals surface area contributed by atoms with Crippen molar-refractivity contribution in [3.63, 3.8) is 0 Å². The topological polar surface area (TPSA) is 58.6 Å². The van der Waals surface area contributed by atoms with E-state index >= 15 is 0 Å². The summed E-state index contributed by atoms with van der Waals surface area (Å²) in [6.45, 7) is 2.67. The number of benzene rings is 1. The average Bonchev–Trinajstić information content (AvgIpc) is 2.45. The van der Waals surface area contributed by atoms with Crippen molar-refractivity contribution in [1.82, 2.24) is 4.90 Å². The fourth-order valence-corrected chi connectivity index (χ4v) is 1.63. The zero-order valence-electron chi connectivity index (χ0n) is 11.4. The molecular weight excluding hydrogens is 244 g/mol. The van der Waals surface area contributed by atoms with E-state index in [0.29, 0.717) is 6.54 Å². The molecule has 0 aliphatic rings. The maximum Gasteiger partial charge on any atom is 0.325 e. The predicted molar refractivity (Wildman–Crippen MR) is 73.8 cm³/mol. The Kier molecular flexibility index (Phi) is 6.43. The van der Waals surface area contributed by atoms with Crippen LogP contribution in [0.4, 0.5) is 5.69 Å². The molecule has 0 heterocycles. The van der Waals surface area contributed by atoms with Crippen molar-refractivity contribution < 1.29 is 14.3 Å². The van der Waals surface area contributed by atoms with Gasteiger partial charge in [-0.25, -0.2) is 0 Å². The molecule has 19 heavy (non-hydrogen) atoms. The number of esters is 1. The number of rotatable bonds is 7. The Morgan fingerprint density at radius 1 is 1.26 bits per heavy atom. The van der Waals surface area contributed by atoms with Crippen molar-refractivity contribution in [2.24, 2.45) is 0 Å². The first-order valence-corrected chi connectivity index (χ1v) is 6.31. The molecule has 0 unspecified atom stereocenters. The smallest absolute Gasteiger partial charge is 0.325 e. The highest BCUT2D eigenvalue weighted by molar-refractivity contribution is 5.84. The second-order valence-corrected chi connectivity index (χ2v) is 4.11. The van der Waals surface area contributed by atoms with Crippen molar-refractivity contribution in [3.05, 3.63) is 30.3 Å². The first-order chi connectivity index (χ1) is 9.17. The number of nitrogens with zero attached hydrogens (tertiary/aromatic N) is 1. The third-order valence-electron chi connectivity index (χ3n) is 2.61. The highest BCUT2D eigenvalue weighted by atomic mass is 16.5. The van der Waals surface area contributed by atoms with Gasteiger partial charge >= 0.3 is 5.97 Å². The van der Waals surface area contributed by atoms with Gasteiger partial charge in [-0.1, -0.05) is 25.1 Å². The lowest BCUT2D eigenvalue weighted by molar-refractivity contribution is -0.146.